The zero-order valence-electron chi connectivity index (χ0n) is 11.5. The molecule has 0 aliphatic heterocycles. The maximum Gasteiger partial charge on any atom is 0.225 e. The van der Waals surface area contributed by atoms with Crippen LogP contribution in [-0.4, -0.2) is 29.6 Å². The second-order valence-electron chi connectivity index (χ2n) is 5.04. The molecule has 0 unspecified atom stereocenters. The first-order valence-corrected chi connectivity index (χ1v) is 7.91. The van der Waals surface area contributed by atoms with E-state index in [1.807, 2.05) is 7.05 Å². The van der Waals surface area contributed by atoms with Crippen LogP contribution in [-0.2, 0) is 0 Å². The van der Waals surface area contributed by atoms with E-state index < -0.39 is 0 Å². The Labute approximate surface area is 117 Å². The maximum atomic E-state index is 4.72. The minimum atomic E-state index is 0.689. The van der Waals surface area contributed by atoms with Crippen molar-refractivity contribution in [3.05, 3.63) is 11.4 Å². The van der Waals surface area contributed by atoms with Gasteiger partial charge in [-0.3, -0.25) is 0 Å². The summed E-state index contributed by atoms with van der Waals surface area (Å²) in [6.07, 6.45) is 5.05. The first-order chi connectivity index (χ1) is 9.33. The van der Waals surface area contributed by atoms with Crippen molar-refractivity contribution in [1.82, 2.24) is 9.97 Å². The summed E-state index contributed by atoms with van der Waals surface area (Å²) in [6.45, 7) is 3.34. The molecule has 0 amide bonds. The van der Waals surface area contributed by atoms with Crippen LogP contribution < -0.4 is 10.2 Å². The van der Waals surface area contributed by atoms with Gasteiger partial charge in [-0.05, 0) is 30.7 Å². The van der Waals surface area contributed by atoms with E-state index in [0.717, 1.165) is 23.1 Å². The Bertz CT molecular complexity index is 562. The van der Waals surface area contributed by atoms with Crippen LogP contribution in [0.4, 0.5) is 11.8 Å². The van der Waals surface area contributed by atoms with Crippen LogP contribution >= 0.6 is 11.3 Å². The number of hydrogen-bond donors (Lipinski definition) is 1. The number of unbranched alkanes of at least 4 members (excludes halogenated alkanes) is 1. The second-order valence-corrected chi connectivity index (χ2v) is 5.93. The van der Waals surface area contributed by atoms with Gasteiger partial charge in [0, 0.05) is 19.6 Å². The maximum absolute atomic E-state index is 4.72. The summed E-state index contributed by atoms with van der Waals surface area (Å²) in [7, 11) is 1.88. The predicted molar refractivity (Wildman–Crippen MR) is 82.2 cm³/mol. The first-order valence-electron chi connectivity index (χ1n) is 7.03. The third-order valence-corrected chi connectivity index (χ3v) is 4.35. The summed E-state index contributed by atoms with van der Waals surface area (Å²) in [4.78, 5) is 12.8. The molecule has 3 rings (SSSR count). The topological polar surface area (TPSA) is 41.1 Å². The Morgan fingerprint density at radius 1 is 1.42 bits per heavy atom. The number of thiophene rings is 1. The molecule has 0 aromatic carbocycles. The Morgan fingerprint density at radius 3 is 2.95 bits per heavy atom. The molecule has 102 valence electrons. The fraction of sp³-hybridized carbons (Fsp3) is 0.571. The van der Waals surface area contributed by atoms with Crippen molar-refractivity contribution in [2.24, 2.45) is 0 Å². The highest BCUT2D eigenvalue weighted by molar-refractivity contribution is 7.16. The van der Waals surface area contributed by atoms with E-state index in [1.165, 1.54) is 31.1 Å². The fourth-order valence-corrected chi connectivity index (χ4v) is 3.11. The lowest BCUT2D eigenvalue weighted by Crippen LogP contribution is -2.28. The molecule has 0 atom stereocenters. The highest BCUT2D eigenvalue weighted by Gasteiger charge is 2.31. The van der Waals surface area contributed by atoms with Crippen LogP contribution in [0.25, 0.3) is 10.2 Å². The average Bonchev–Trinajstić information content (AvgIpc) is 3.16. The fourth-order valence-electron chi connectivity index (χ4n) is 2.35. The van der Waals surface area contributed by atoms with Gasteiger partial charge in [0.25, 0.3) is 0 Å². The molecule has 1 aliphatic carbocycles. The molecule has 0 bridgehead atoms. The van der Waals surface area contributed by atoms with Gasteiger partial charge in [-0.2, -0.15) is 4.98 Å². The third-order valence-electron chi connectivity index (χ3n) is 3.54. The van der Waals surface area contributed by atoms with Gasteiger partial charge < -0.3 is 10.2 Å². The van der Waals surface area contributed by atoms with Crippen LogP contribution in [0, 0.1) is 0 Å². The molecular formula is C14H20N4S. The van der Waals surface area contributed by atoms with Gasteiger partial charge in [-0.25, -0.2) is 4.98 Å². The Kier molecular flexibility index (Phi) is 3.55. The quantitative estimate of drug-likeness (QED) is 0.876. The summed E-state index contributed by atoms with van der Waals surface area (Å²) in [5.41, 5.74) is 0. The summed E-state index contributed by atoms with van der Waals surface area (Å²) < 4.78 is 0. The van der Waals surface area contributed by atoms with E-state index in [1.54, 1.807) is 11.3 Å². The normalized spacial score (nSPS) is 14.8. The van der Waals surface area contributed by atoms with E-state index >= 15 is 0 Å². The van der Waals surface area contributed by atoms with Crippen LogP contribution in [0.2, 0.25) is 0 Å². The number of aromatic nitrogens is 2. The molecule has 0 spiro atoms. The zero-order valence-corrected chi connectivity index (χ0v) is 12.3. The van der Waals surface area contributed by atoms with Crippen molar-refractivity contribution in [2.45, 2.75) is 38.6 Å². The van der Waals surface area contributed by atoms with E-state index in [-0.39, 0.29) is 0 Å². The molecule has 1 aliphatic rings. The lowest BCUT2D eigenvalue weighted by Gasteiger charge is -2.24. The third kappa shape index (κ3) is 2.52. The van der Waals surface area contributed by atoms with Crippen LogP contribution in [0.15, 0.2) is 11.4 Å². The van der Waals surface area contributed by atoms with Gasteiger partial charge in [0.2, 0.25) is 5.95 Å². The van der Waals surface area contributed by atoms with E-state index in [9.17, 15) is 0 Å². The van der Waals surface area contributed by atoms with Crippen molar-refractivity contribution in [3.63, 3.8) is 0 Å². The lowest BCUT2D eigenvalue weighted by atomic mass is 10.2. The molecule has 1 saturated carbocycles. The van der Waals surface area contributed by atoms with E-state index in [2.05, 4.69) is 33.6 Å². The number of nitrogens with one attached hydrogen (secondary N) is 1. The van der Waals surface area contributed by atoms with Crippen LogP contribution in [0.1, 0.15) is 32.6 Å². The molecule has 2 aromatic rings. The minimum absolute atomic E-state index is 0.689. The molecular weight excluding hydrogens is 256 g/mol. The number of hydrogen-bond acceptors (Lipinski definition) is 5. The van der Waals surface area contributed by atoms with E-state index in [0.29, 0.717) is 6.04 Å². The van der Waals surface area contributed by atoms with Gasteiger partial charge in [-0.1, -0.05) is 13.3 Å². The second kappa shape index (κ2) is 5.33. The predicted octanol–water partition coefficient (Wildman–Crippen LogP) is 3.50. The average molecular weight is 276 g/mol. The number of fused-ring (bicyclic) bond motifs is 1. The Balaban J connectivity index is 2.02. The highest BCUT2D eigenvalue weighted by atomic mass is 32.1. The van der Waals surface area contributed by atoms with Crippen molar-refractivity contribution in [1.29, 1.82) is 0 Å². The van der Waals surface area contributed by atoms with Crippen LogP contribution in [0.3, 0.4) is 0 Å². The van der Waals surface area contributed by atoms with Crippen molar-refractivity contribution in [2.75, 3.05) is 23.8 Å². The van der Waals surface area contributed by atoms with Gasteiger partial charge in [0.1, 0.15) is 10.6 Å². The van der Waals surface area contributed by atoms with Crippen molar-refractivity contribution >= 4 is 33.3 Å². The molecule has 4 nitrogen and oxygen atoms in total. The first kappa shape index (κ1) is 12.7. The summed E-state index contributed by atoms with van der Waals surface area (Å²) in [5, 5.41) is 6.38. The van der Waals surface area contributed by atoms with Gasteiger partial charge in [-0.15, -0.1) is 11.3 Å². The molecule has 0 radical (unpaired) electrons. The van der Waals surface area contributed by atoms with Gasteiger partial charge >= 0.3 is 0 Å². The Hall–Kier alpha value is -1.36. The molecule has 1 N–H and O–H groups in total. The monoisotopic (exact) mass is 276 g/mol. The number of nitrogens with zero attached hydrogens (tertiary/aromatic N) is 3. The largest absolute Gasteiger partial charge is 0.357 e. The standard InChI is InChI=1S/C14H20N4S/c1-3-4-8-18(10-5-6-10)12-11-7-9-19-13(11)17-14(15-2)16-12/h7,9-10H,3-6,8H2,1-2H3,(H,15,16,17). The summed E-state index contributed by atoms with van der Waals surface area (Å²) >= 11 is 1.69. The smallest absolute Gasteiger partial charge is 0.225 e. The highest BCUT2D eigenvalue weighted by Crippen LogP contribution is 2.36. The van der Waals surface area contributed by atoms with Crippen molar-refractivity contribution in [3.8, 4) is 0 Å². The zero-order chi connectivity index (χ0) is 13.2. The molecule has 5 heteroatoms. The van der Waals surface area contributed by atoms with Crippen LogP contribution in [0.5, 0.6) is 0 Å². The van der Waals surface area contributed by atoms with Gasteiger partial charge in [0.05, 0.1) is 5.39 Å². The number of anilines is 2. The lowest BCUT2D eigenvalue weighted by molar-refractivity contribution is 0.707. The number of rotatable bonds is 6. The summed E-state index contributed by atoms with van der Waals surface area (Å²) in [5.74, 6) is 1.85. The SMILES string of the molecule is CCCCN(c1nc(NC)nc2sccc12)C1CC1. The molecule has 0 saturated heterocycles. The molecule has 2 aromatic heterocycles. The molecule has 1 fully saturated rings. The van der Waals surface area contributed by atoms with Crippen molar-refractivity contribution < 1.29 is 0 Å². The Morgan fingerprint density at radius 2 is 2.26 bits per heavy atom. The summed E-state index contributed by atoms with van der Waals surface area (Å²) in [6, 6.07) is 2.84. The minimum Gasteiger partial charge on any atom is -0.357 e. The molecule has 2 heterocycles. The van der Waals surface area contributed by atoms with Gasteiger partial charge in [0.15, 0.2) is 0 Å². The van der Waals surface area contributed by atoms with E-state index in [4.69, 9.17) is 4.98 Å². The molecule has 19 heavy (non-hydrogen) atoms.